The van der Waals surface area contributed by atoms with E-state index in [2.05, 4.69) is 25.8 Å². The number of anilines is 3. The highest BCUT2D eigenvalue weighted by molar-refractivity contribution is 5.93. The summed E-state index contributed by atoms with van der Waals surface area (Å²) in [6, 6.07) is 7.60. The van der Waals surface area contributed by atoms with E-state index in [-0.39, 0.29) is 0 Å². The van der Waals surface area contributed by atoms with Gasteiger partial charge in [-0.25, -0.2) is 0 Å². The summed E-state index contributed by atoms with van der Waals surface area (Å²) >= 11 is 0. The number of nitrogen functional groups attached to an aromatic ring is 2. The largest absolute Gasteiger partial charge is 0.396 e. The van der Waals surface area contributed by atoms with Crippen molar-refractivity contribution in [1.82, 2.24) is 20.4 Å². The minimum atomic E-state index is 0.532. The fourth-order valence-corrected chi connectivity index (χ4v) is 2.35. The number of H-pyrrole nitrogens is 1. The van der Waals surface area contributed by atoms with Crippen LogP contribution in [0.4, 0.5) is 17.2 Å². The molecule has 0 spiro atoms. The molecule has 0 aliphatic heterocycles. The zero-order valence-electron chi connectivity index (χ0n) is 12.9. The average Bonchev–Trinajstić information content (AvgIpc) is 3.08. The van der Waals surface area contributed by atoms with Gasteiger partial charge in [0.15, 0.2) is 5.82 Å². The van der Waals surface area contributed by atoms with Gasteiger partial charge in [-0.15, -0.1) is 10.2 Å². The SMILES string of the molecule is CN(C)c1ccc(-c2ccc(-c3cn[nH]c3)c(N)c2NN)nn1. The molecule has 2 heterocycles. The van der Waals surface area contributed by atoms with E-state index in [9.17, 15) is 0 Å². The van der Waals surface area contributed by atoms with Crippen molar-refractivity contribution >= 4 is 17.2 Å². The number of nitrogens with two attached hydrogens (primary N) is 2. The molecule has 0 atom stereocenters. The van der Waals surface area contributed by atoms with E-state index in [1.54, 1.807) is 12.4 Å². The average molecular weight is 310 g/mol. The second-order valence-electron chi connectivity index (χ2n) is 5.25. The van der Waals surface area contributed by atoms with Gasteiger partial charge in [-0.2, -0.15) is 5.10 Å². The first-order valence-electron chi connectivity index (χ1n) is 7.01. The predicted octanol–water partition coefficient (Wildman–Crippen LogP) is 1.47. The molecule has 0 saturated carbocycles. The molecule has 8 heteroatoms. The van der Waals surface area contributed by atoms with Crippen LogP contribution in [0.25, 0.3) is 22.4 Å². The summed E-state index contributed by atoms with van der Waals surface area (Å²) in [5, 5.41) is 15.1. The Balaban J connectivity index is 2.08. The lowest BCUT2D eigenvalue weighted by atomic mass is 10.0. The quantitative estimate of drug-likeness (QED) is 0.327. The number of hydrazine groups is 1. The molecule has 0 bridgehead atoms. The summed E-state index contributed by atoms with van der Waals surface area (Å²) < 4.78 is 0. The van der Waals surface area contributed by atoms with Gasteiger partial charge >= 0.3 is 0 Å². The number of rotatable bonds is 4. The molecule has 0 saturated heterocycles. The van der Waals surface area contributed by atoms with Crippen LogP contribution in [-0.4, -0.2) is 34.5 Å². The summed E-state index contributed by atoms with van der Waals surface area (Å²) in [5.74, 6) is 6.46. The van der Waals surface area contributed by atoms with Gasteiger partial charge in [-0.05, 0) is 18.2 Å². The summed E-state index contributed by atoms with van der Waals surface area (Å²) in [7, 11) is 3.82. The molecule has 0 radical (unpaired) electrons. The molecule has 0 unspecified atom stereocenters. The molecule has 6 N–H and O–H groups in total. The maximum atomic E-state index is 6.26. The van der Waals surface area contributed by atoms with Crippen LogP contribution in [0.3, 0.4) is 0 Å². The molecule has 1 aromatic carbocycles. The molecule has 0 fully saturated rings. The van der Waals surface area contributed by atoms with E-state index in [4.69, 9.17) is 11.6 Å². The number of hydrogen-bond acceptors (Lipinski definition) is 7. The van der Waals surface area contributed by atoms with Crippen molar-refractivity contribution < 1.29 is 0 Å². The van der Waals surface area contributed by atoms with Crippen molar-refractivity contribution in [2.24, 2.45) is 5.84 Å². The van der Waals surface area contributed by atoms with Gasteiger partial charge in [-0.1, -0.05) is 6.07 Å². The third-order valence-corrected chi connectivity index (χ3v) is 3.58. The highest BCUT2D eigenvalue weighted by Gasteiger charge is 2.15. The monoisotopic (exact) mass is 310 g/mol. The van der Waals surface area contributed by atoms with Crippen molar-refractivity contribution in [1.29, 1.82) is 0 Å². The van der Waals surface area contributed by atoms with Gasteiger partial charge in [-0.3, -0.25) is 10.9 Å². The van der Waals surface area contributed by atoms with E-state index in [0.29, 0.717) is 17.1 Å². The second-order valence-corrected chi connectivity index (χ2v) is 5.25. The van der Waals surface area contributed by atoms with Gasteiger partial charge < -0.3 is 16.1 Å². The molecule has 0 amide bonds. The number of benzene rings is 1. The van der Waals surface area contributed by atoms with Crippen molar-refractivity contribution in [3.63, 3.8) is 0 Å². The maximum absolute atomic E-state index is 6.26. The van der Waals surface area contributed by atoms with Crippen molar-refractivity contribution in [3.05, 3.63) is 36.7 Å². The van der Waals surface area contributed by atoms with Gasteiger partial charge in [0, 0.05) is 37.0 Å². The zero-order chi connectivity index (χ0) is 16.4. The summed E-state index contributed by atoms with van der Waals surface area (Å²) in [6.07, 6.45) is 3.48. The Morgan fingerprint density at radius 2 is 1.87 bits per heavy atom. The van der Waals surface area contributed by atoms with Gasteiger partial charge in [0.2, 0.25) is 0 Å². The number of hydrogen-bond donors (Lipinski definition) is 4. The Labute approximate surface area is 133 Å². The van der Waals surface area contributed by atoms with Gasteiger partial charge in [0.25, 0.3) is 0 Å². The van der Waals surface area contributed by atoms with Gasteiger partial charge in [0.05, 0.1) is 23.3 Å². The van der Waals surface area contributed by atoms with E-state index in [0.717, 1.165) is 22.5 Å². The van der Waals surface area contributed by atoms with E-state index >= 15 is 0 Å². The van der Waals surface area contributed by atoms with Crippen LogP contribution in [0, 0.1) is 0 Å². The molecule has 0 aliphatic rings. The van der Waals surface area contributed by atoms with Crippen molar-refractivity contribution in [2.75, 3.05) is 30.2 Å². The first-order chi connectivity index (χ1) is 11.1. The van der Waals surface area contributed by atoms with Crippen LogP contribution in [0.5, 0.6) is 0 Å². The Morgan fingerprint density at radius 1 is 1.09 bits per heavy atom. The second kappa shape index (κ2) is 5.93. The Bertz CT molecular complexity index is 793. The van der Waals surface area contributed by atoms with Crippen LogP contribution >= 0.6 is 0 Å². The Kier molecular flexibility index (Phi) is 3.82. The Hall–Kier alpha value is -3.13. The number of aromatic amines is 1. The minimum absolute atomic E-state index is 0.532. The van der Waals surface area contributed by atoms with Gasteiger partial charge in [0.1, 0.15) is 0 Å². The molecule has 2 aromatic heterocycles. The van der Waals surface area contributed by atoms with Crippen molar-refractivity contribution in [2.45, 2.75) is 0 Å². The standard InChI is InChI=1S/C15H18N8/c1-23(2)13-6-5-12(21-22-13)11-4-3-10(9-7-18-19-8-9)14(16)15(11)20-17/h3-8,20H,16-17H2,1-2H3,(H,18,19). The summed E-state index contributed by atoms with van der Waals surface area (Å²) in [4.78, 5) is 1.88. The van der Waals surface area contributed by atoms with Crippen LogP contribution in [0.2, 0.25) is 0 Å². The van der Waals surface area contributed by atoms with Crippen molar-refractivity contribution in [3.8, 4) is 22.4 Å². The lowest BCUT2D eigenvalue weighted by molar-refractivity contribution is 0.969. The molecular weight excluding hydrogens is 292 g/mol. The molecule has 0 aliphatic carbocycles. The molecule has 3 rings (SSSR count). The third-order valence-electron chi connectivity index (χ3n) is 3.58. The van der Waals surface area contributed by atoms with E-state index < -0.39 is 0 Å². The summed E-state index contributed by atoms with van der Waals surface area (Å²) in [6.45, 7) is 0. The van der Waals surface area contributed by atoms with Crippen LogP contribution in [0.1, 0.15) is 0 Å². The molecular formula is C15H18N8. The predicted molar refractivity (Wildman–Crippen MR) is 91.6 cm³/mol. The Morgan fingerprint density at radius 3 is 2.43 bits per heavy atom. The number of nitrogens with one attached hydrogen (secondary N) is 2. The van der Waals surface area contributed by atoms with Crippen LogP contribution in [0.15, 0.2) is 36.7 Å². The first-order valence-corrected chi connectivity index (χ1v) is 7.01. The first kappa shape index (κ1) is 14.8. The molecule has 8 nitrogen and oxygen atoms in total. The maximum Gasteiger partial charge on any atom is 0.150 e. The topological polar surface area (TPSA) is 122 Å². The molecule has 118 valence electrons. The smallest absolute Gasteiger partial charge is 0.150 e. The number of aromatic nitrogens is 4. The van der Waals surface area contributed by atoms with Crippen LogP contribution < -0.4 is 21.9 Å². The lowest BCUT2D eigenvalue weighted by Crippen LogP contribution is -2.13. The molecule has 23 heavy (non-hydrogen) atoms. The number of nitrogens with zero attached hydrogens (tertiary/aromatic N) is 4. The van der Waals surface area contributed by atoms with Crippen LogP contribution in [-0.2, 0) is 0 Å². The highest BCUT2D eigenvalue weighted by Crippen LogP contribution is 2.38. The van der Waals surface area contributed by atoms with E-state index in [1.165, 1.54) is 0 Å². The zero-order valence-corrected chi connectivity index (χ0v) is 12.9. The summed E-state index contributed by atoms with van der Waals surface area (Å²) in [5.41, 5.74) is 13.3. The van der Waals surface area contributed by atoms with E-state index in [1.807, 2.05) is 43.3 Å². The fourth-order valence-electron chi connectivity index (χ4n) is 2.35. The molecule has 3 aromatic rings. The third kappa shape index (κ3) is 2.67. The highest BCUT2D eigenvalue weighted by atomic mass is 15.2. The fraction of sp³-hybridized carbons (Fsp3) is 0.133. The lowest BCUT2D eigenvalue weighted by Gasteiger charge is -2.15. The normalized spacial score (nSPS) is 10.6. The minimum Gasteiger partial charge on any atom is -0.396 e.